The molecular formula is C23H28N4O5S. The van der Waals surface area contributed by atoms with Crippen LogP contribution < -0.4 is 16.6 Å². The number of H-pyrrole nitrogens is 1. The van der Waals surface area contributed by atoms with E-state index in [4.69, 9.17) is 0 Å². The molecule has 2 aromatic carbocycles. The highest BCUT2D eigenvalue weighted by Gasteiger charge is 2.22. The van der Waals surface area contributed by atoms with E-state index in [0.29, 0.717) is 29.6 Å². The number of hydrogen-bond acceptors (Lipinski definition) is 5. The Balaban J connectivity index is 1.81. The first kappa shape index (κ1) is 24.4. The van der Waals surface area contributed by atoms with Crippen LogP contribution in [0.1, 0.15) is 49.7 Å². The van der Waals surface area contributed by atoms with Gasteiger partial charge < -0.3 is 10.3 Å². The fraction of sp³-hybridized carbons (Fsp3) is 0.348. The Bertz CT molecular complexity index is 1390. The van der Waals surface area contributed by atoms with Crippen molar-refractivity contribution in [3.63, 3.8) is 0 Å². The lowest BCUT2D eigenvalue weighted by atomic mass is 10.1. The van der Waals surface area contributed by atoms with E-state index in [1.807, 2.05) is 0 Å². The summed E-state index contributed by atoms with van der Waals surface area (Å²) in [7, 11) is -3.55. The summed E-state index contributed by atoms with van der Waals surface area (Å²) in [6, 6.07) is 10.5. The fourth-order valence-corrected chi connectivity index (χ4v) is 5.15. The van der Waals surface area contributed by atoms with Crippen molar-refractivity contribution >= 4 is 26.8 Å². The molecule has 1 heterocycles. The van der Waals surface area contributed by atoms with Gasteiger partial charge in [-0.3, -0.25) is 14.2 Å². The Kier molecular flexibility index (Phi) is 7.19. The van der Waals surface area contributed by atoms with Crippen molar-refractivity contribution in [1.29, 1.82) is 0 Å². The summed E-state index contributed by atoms with van der Waals surface area (Å²) in [5.74, 6) is -0.384. The largest absolute Gasteiger partial charge is 0.346 e. The van der Waals surface area contributed by atoms with Crippen LogP contribution in [-0.2, 0) is 16.6 Å². The van der Waals surface area contributed by atoms with Crippen LogP contribution in [0, 0.1) is 0 Å². The smallest absolute Gasteiger partial charge is 0.328 e. The highest BCUT2D eigenvalue weighted by Crippen LogP contribution is 2.20. The van der Waals surface area contributed by atoms with Gasteiger partial charge in [-0.05, 0) is 49.7 Å². The molecule has 33 heavy (non-hydrogen) atoms. The maximum Gasteiger partial charge on any atom is 0.328 e. The summed E-state index contributed by atoms with van der Waals surface area (Å²) in [6.45, 7) is 8.08. The van der Waals surface area contributed by atoms with E-state index in [2.05, 4.69) is 10.3 Å². The van der Waals surface area contributed by atoms with Crippen molar-refractivity contribution in [3.05, 3.63) is 74.4 Å². The van der Waals surface area contributed by atoms with Crippen LogP contribution in [0.25, 0.3) is 10.9 Å². The number of hydrogen-bond donors (Lipinski definition) is 2. The number of fused-ring (bicyclic) bond motifs is 1. The lowest BCUT2D eigenvalue weighted by Gasteiger charge is -2.19. The molecule has 9 nitrogen and oxygen atoms in total. The molecule has 0 aliphatic heterocycles. The third kappa shape index (κ3) is 4.76. The molecule has 0 aliphatic carbocycles. The summed E-state index contributed by atoms with van der Waals surface area (Å²) in [5, 5.41) is 3.18. The monoisotopic (exact) mass is 472 g/mol. The first-order valence-electron chi connectivity index (χ1n) is 10.8. The van der Waals surface area contributed by atoms with Crippen LogP contribution in [0.2, 0.25) is 0 Å². The van der Waals surface area contributed by atoms with Gasteiger partial charge >= 0.3 is 5.69 Å². The Hall–Kier alpha value is -3.24. The fourth-order valence-electron chi connectivity index (χ4n) is 3.69. The van der Waals surface area contributed by atoms with Gasteiger partial charge in [-0.1, -0.05) is 26.0 Å². The zero-order valence-electron chi connectivity index (χ0n) is 19.1. The predicted molar refractivity (Wildman–Crippen MR) is 127 cm³/mol. The molecular weight excluding hydrogens is 444 g/mol. The number of aromatic nitrogens is 2. The number of nitrogens with zero attached hydrogens (tertiary/aromatic N) is 2. The lowest BCUT2D eigenvalue weighted by molar-refractivity contribution is 0.0940. The Labute approximate surface area is 192 Å². The number of sulfonamides is 1. The van der Waals surface area contributed by atoms with E-state index in [9.17, 15) is 22.8 Å². The third-order valence-corrected chi connectivity index (χ3v) is 7.70. The minimum atomic E-state index is -3.55. The first-order chi connectivity index (χ1) is 15.6. The summed E-state index contributed by atoms with van der Waals surface area (Å²) in [4.78, 5) is 40.1. The third-order valence-electron chi connectivity index (χ3n) is 5.63. The topological polar surface area (TPSA) is 121 Å². The van der Waals surface area contributed by atoms with Gasteiger partial charge in [0.1, 0.15) is 0 Å². The molecule has 0 radical (unpaired) electrons. The Morgan fingerprint density at radius 1 is 1.06 bits per heavy atom. The van der Waals surface area contributed by atoms with Gasteiger partial charge in [-0.15, -0.1) is 0 Å². The normalized spacial score (nSPS) is 12.8. The number of rotatable bonds is 8. The number of amides is 1. The summed E-state index contributed by atoms with van der Waals surface area (Å²) in [6.07, 6.45) is 0. The second-order valence-corrected chi connectivity index (χ2v) is 9.53. The number of benzene rings is 2. The molecule has 3 rings (SSSR count). The van der Waals surface area contributed by atoms with Gasteiger partial charge in [0.2, 0.25) is 10.0 Å². The van der Waals surface area contributed by atoms with Crippen molar-refractivity contribution in [2.24, 2.45) is 0 Å². The molecule has 2 N–H and O–H groups in total. The molecule has 0 spiro atoms. The highest BCUT2D eigenvalue weighted by atomic mass is 32.2. The van der Waals surface area contributed by atoms with Crippen LogP contribution in [0.15, 0.2) is 56.9 Å². The Morgan fingerprint density at radius 2 is 1.70 bits per heavy atom. The standard InChI is InChI=1S/C23H28N4O5S/c1-5-26(6-2)33(31,32)18-11-8-16(9-12-18)15(4)24-21(28)17-10-13-19-20(14-17)25-23(30)27(7-3)22(19)29/h8-15H,5-7H2,1-4H3,(H,24,28)(H,25,30). The average molecular weight is 473 g/mol. The van der Waals surface area contributed by atoms with Crippen molar-refractivity contribution in [2.45, 2.75) is 45.2 Å². The molecule has 176 valence electrons. The molecule has 0 fully saturated rings. The van der Waals surface area contributed by atoms with Crippen molar-refractivity contribution in [1.82, 2.24) is 19.2 Å². The van der Waals surface area contributed by atoms with Gasteiger partial charge in [0.25, 0.3) is 11.5 Å². The number of aromatic amines is 1. The molecule has 1 aromatic heterocycles. The van der Waals surface area contributed by atoms with E-state index >= 15 is 0 Å². The molecule has 0 bridgehead atoms. The molecule has 0 aliphatic rings. The van der Waals surface area contributed by atoms with E-state index in [0.717, 1.165) is 10.1 Å². The average Bonchev–Trinajstić information content (AvgIpc) is 2.79. The highest BCUT2D eigenvalue weighted by molar-refractivity contribution is 7.89. The minimum Gasteiger partial charge on any atom is -0.346 e. The zero-order chi connectivity index (χ0) is 24.3. The zero-order valence-corrected chi connectivity index (χ0v) is 19.9. The van der Waals surface area contributed by atoms with Crippen LogP contribution in [0.4, 0.5) is 0 Å². The summed E-state index contributed by atoms with van der Waals surface area (Å²) in [5.41, 5.74) is 0.388. The maximum atomic E-state index is 12.8. The van der Waals surface area contributed by atoms with Gasteiger partial charge in [0.05, 0.1) is 21.8 Å². The van der Waals surface area contributed by atoms with Gasteiger partial charge in [-0.25, -0.2) is 13.2 Å². The number of carbonyl (C=O) groups excluding carboxylic acids is 1. The molecule has 0 saturated heterocycles. The lowest BCUT2D eigenvalue weighted by Crippen LogP contribution is -2.34. The van der Waals surface area contributed by atoms with E-state index in [1.165, 1.54) is 34.6 Å². The molecule has 1 atom stereocenters. The second kappa shape index (κ2) is 9.72. The summed E-state index contributed by atoms with van der Waals surface area (Å²) >= 11 is 0. The molecule has 0 saturated carbocycles. The van der Waals surface area contributed by atoms with Crippen LogP contribution in [0.5, 0.6) is 0 Å². The molecule has 1 unspecified atom stereocenters. The van der Waals surface area contributed by atoms with E-state index in [1.54, 1.807) is 39.8 Å². The minimum absolute atomic E-state index is 0.199. The summed E-state index contributed by atoms with van der Waals surface area (Å²) < 4.78 is 27.8. The second-order valence-electron chi connectivity index (χ2n) is 7.59. The maximum absolute atomic E-state index is 12.8. The first-order valence-corrected chi connectivity index (χ1v) is 12.3. The van der Waals surface area contributed by atoms with Gasteiger partial charge in [-0.2, -0.15) is 4.31 Å². The Morgan fingerprint density at radius 3 is 2.27 bits per heavy atom. The van der Waals surface area contributed by atoms with E-state index in [-0.39, 0.29) is 17.3 Å². The van der Waals surface area contributed by atoms with Gasteiger partial charge in [0.15, 0.2) is 0 Å². The molecule has 10 heteroatoms. The SMILES string of the molecule is CCN(CC)S(=O)(=O)c1ccc(C(C)NC(=O)c2ccc3c(=O)n(CC)c(=O)[nH]c3c2)cc1. The van der Waals surface area contributed by atoms with Crippen molar-refractivity contribution in [3.8, 4) is 0 Å². The van der Waals surface area contributed by atoms with Crippen LogP contribution in [-0.4, -0.2) is 41.3 Å². The quantitative estimate of drug-likeness (QED) is 0.521. The molecule has 3 aromatic rings. The van der Waals surface area contributed by atoms with Crippen LogP contribution in [0.3, 0.4) is 0 Å². The number of nitrogens with one attached hydrogen (secondary N) is 2. The van der Waals surface area contributed by atoms with Crippen molar-refractivity contribution in [2.75, 3.05) is 13.1 Å². The molecule has 1 amide bonds. The van der Waals surface area contributed by atoms with Crippen LogP contribution >= 0.6 is 0 Å². The van der Waals surface area contributed by atoms with Gasteiger partial charge in [0, 0.05) is 25.2 Å². The predicted octanol–water partition coefficient (Wildman–Crippen LogP) is 2.23. The van der Waals surface area contributed by atoms with E-state index < -0.39 is 27.3 Å². The van der Waals surface area contributed by atoms with Crippen molar-refractivity contribution < 1.29 is 13.2 Å². The number of carbonyl (C=O) groups is 1.